The summed E-state index contributed by atoms with van der Waals surface area (Å²) in [5.41, 5.74) is 2.98. The van der Waals surface area contributed by atoms with Gasteiger partial charge in [-0.2, -0.15) is 0 Å². The first-order valence-electron chi connectivity index (χ1n) is 6.66. The largest absolute Gasteiger partial charge is 0.381 e. The van der Waals surface area contributed by atoms with Gasteiger partial charge < -0.3 is 5.32 Å². The van der Waals surface area contributed by atoms with Crippen LogP contribution in [0.3, 0.4) is 0 Å². The van der Waals surface area contributed by atoms with Crippen LogP contribution in [0.4, 0.5) is 10.1 Å². The van der Waals surface area contributed by atoms with E-state index in [1.807, 2.05) is 31.3 Å². The monoisotopic (exact) mass is 344 g/mol. The second kappa shape index (κ2) is 5.82. The van der Waals surface area contributed by atoms with Crippen molar-refractivity contribution in [2.45, 2.75) is 13.5 Å². The number of anilines is 1. The van der Waals surface area contributed by atoms with Gasteiger partial charge in [-0.05, 0) is 57.6 Å². The summed E-state index contributed by atoms with van der Waals surface area (Å²) in [5, 5.41) is 5.58. The number of halogens is 2. The topological polar surface area (TPSA) is 24.9 Å². The Labute approximate surface area is 131 Å². The second-order valence-electron chi connectivity index (χ2n) is 4.95. The van der Waals surface area contributed by atoms with Gasteiger partial charge in [-0.3, -0.25) is 4.98 Å². The Bertz CT molecular complexity index is 797. The Hall–Kier alpha value is -1.94. The number of rotatable bonds is 3. The molecule has 2 nitrogen and oxygen atoms in total. The first-order chi connectivity index (χ1) is 10.1. The van der Waals surface area contributed by atoms with Crippen molar-refractivity contribution in [2.24, 2.45) is 0 Å². The number of pyridine rings is 1. The lowest BCUT2D eigenvalue weighted by Gasteiger charge is -2.12. The van der Waals surface area contributed by atoms with Crippen molar-refractivity contribution in [3.8, 4) is 0 Å². The molecule has 0 aliphatic carbocycles. The molecule has 0 saturated heterocycles. The lowest BCUT2D eigenvalue weighted by Crippen LogP contribution is -2.02. The summed E-state index contributed by atoms with van der Waals surface area (Å²) in [4.78, 5) is 4.13. The number of nitrogens with one attached hydrogen (secondary N) is 1. The van der Waals surface area contributed by atoms with Crippen LogP contribution in [0, 0.1) is 12.7 Å². The van der Waals surface area contributed by atoms with E-state index in [4.69, 9.17) is 0 Å². The molecule has 2 aromatic carbocycles. The third-order valence-electron chi connectivity index (χ3n) is 3.51. The number of aryl methyl sites for hydroxylation is 1. The molecule has 0 spiro atoms. The normalized spacial score (nSPS) is 10.8. The summed E-state index contributed by atoms with van der Waals surface area (Å²) in [6.45, 7) is 2.60. The van der Waals surface area contributed by atoms with Gasteiger partial charge in [0.05, 0.1) is 4.47 Å². The molecule has 21 heavy (non-hydrogen) atoms. The fourth-order valence-electron chi connectivity index (χ4n) is 2.37. The van der Waals surface area contributed by atoms with E-state index in [1.165, 1.54) is 6.07 Å². The van der Waals surface area contributed by atoms with E-state index in [-0.39, 0.29) is 5.82 Å². The Kier molecular flexibility index (Phi) is 3.88. The molecule has 0 unspecified atom stereocenters. The van der Waals surface area contributed by atoms with Crippen molar-refractivity contribution in [2.75, 3.05) is 5.32 Å². The van der Waals surface area contributed by atoms with Crippen molar-refractivity contribution in [1.29, 1.82) is 0 Å². The molecule has 106 valence electrons. The van der Waals surface area contributed by atoms with Gasteiger partial charge in [0.15, 0.2) is 0 Å². The highest BCUT2D eigenvalue weighted by molar-refractivity contribution is 9.10. The fourth-order valence-corrected chi connectivity index (χ4v) is 2.83. The van der Waals surface area contributed by atoms with Gasteiger partial charge in [0.25, 0.3) is 0 Å². The smallest absolute Gasteiger partial charge is 0.139 e. The molecule has 0 radical (unpaired) electrons. The van der Waals surface area contributed by atoms with Crippen LogP contribution in [0.15, 0.2) is 53.3 Å². The number of fused-ring (bicyclic) bond motifs is 1. The first kappa shape index (κ1) is 14.0. The summed E-state index contributed by atoms with van der Waals surface area (Å²) >= 11 is 3.20. The van der Waals surface area contributed by atoms with Crippen LogP contribution in [0.25, 0.3) is 10.8 Å². The van der Waals surface area contributed by atoms with E-state index in [9.17, 15) is 4.39 Å². The van der Waals surface area contributed by atoms with E-state index < -0.39 is 0 Å². The van der Waals surface area contributed by atoms with Crippen LogP contribution in [-0.2, 0) is 6.54 Å². The van der Waals surface area contributed by atoms with Gasteiger partial charge in [-0.1, -0.05) is 18.2 Å². The van der Waals surface area contributed by atoms with Gasteiger partial charge in [-0.15, -0.1) is 0 Å². The third kappa shape index (κ3) is 2.90. The van der Waals surface area contributed by atoms with E-state index >= 15 is 0 Å². The first-order valence-corrected chi connectivity index (χ1v) is 7.45. The molecular weight excluding hydrogens is 331 g/mol. The van der Waals surface area contributed by atoms with Crippen LogP contribution in [-0.4, -0.2) is 4.98 Å². The van der Waals surface area contributed by atoms with Gasteiger partial charge in [0.1, 0.15) is 5.82 Å². The lowest BCUT2D eigenvalue weighted by atomic mass is 10.1. The number of benzene rings is 2. The third-order valence-corrected chi connectivity index (χ3v) is 4.12. The standard InChI is InChI=1S/C17H14BrFN2/c1-11-7-15(18)16(19)8-17(11)21-10-13-4-2-3-12-9-20-6-5-14(12)13/h2-9,21H,10H2,1H3. The lowest BCUT2D eigenvalue weighted by molar-refractivity contribution is 0.621. The van der Waals surface area contributed by atoms with Gasteiger partial charge in [0, 0.05) is 30.0 Å². The van der Waals surface area contributed by atoms with Crippen molar-refractivity contribution >= 4 is 32.4 Å². The minimum atomic E-state index is -0.259. The summed E-state index contributed by atoms with van der Waals surface area (Å²) in [6.07, 6.45) is 3.64. The molecule has 1 aromatic heterocycles. The number of nitrogens with zero attached hydrogens (tertiary/aromatic N) is 1. The molecule has 1 N–H and O–H groups in total. The SMILES string of the molecule is Cc1cc(Br)c(F)cc1NCc1cccc2cnccc12. The quantitative estimate of drug-likeness (QED) is 0.718. The van der Waals surface area contributed by atoms with E-state index in [2.05, 4.69) is 32.3 Å². The van der Waals surface area contributed by atoms with Crippen molar-refractivity contribution in [1.82, 2.24) is 4.98 Å². The predicted molar refractivity (Wildman–Crippen MR) is 87.9 cm³/mol. The molecule has 3 rings (SSSR count). The molecule has 0 aliphatic rings. The molecule has 0 aliphatic heterocycles. The van der Waals surface area contributed by atoms with Gasteiger partial charge >= 0.3 is 0 Å². The summed E-state index contributed by atoms with van der Waals surface area (Å²) < 4.78 is 14.1. The zero-order valence-corrected chi connectivity index (χ0v) is 13.1. The zero-order valence-electron chi connectivity index (χ0n) is 11.5. The Morgan fingerprint density at radius 3 is 2.95 bits per heavy atom. The Morgan fingerprint density at radius 1 is 1.24 bits per heavy atom. The maximum absolute atomic E-state index is 13.6. The van der Waals surface area contributed by atoms with Crippen LogP contribution in [0.2, 0.25) is 0 Å². The maximum atomic E-state index is 13.6. The Balaban J connectivity index is 1.89. The molecule has 0 fully saturated rings. The summed E-state index contributed by atoms with van der Waals surface area (Å²) in [5.74, 6) is -0.259. The number of aromatic nitrogens is 1. The molecular formula is C17H14BrFN2. The van der Waals surface area contributed by atoms with E-state index in [0.29, 0.717) is 11.0 Å². The average molecular weight is 345 g/mol. The summed E-state index contributed by atoms with van der Waals surface area (Å²) in [6, 6.07) is 11.4. The highest BCUT2D eigenvalue weighted by Gasteiger charge is 2.06. The molecule has 0 bridgehead atoms. The van der Waals surface area contributed by atoms with E-state index in [1.54, 1.807) is 12.3 Å². The van der Waals surface area contributed by atoms with Gasteiger partial charge in [-0.25, -0.2) is 4.39 Å². The highest BCUT2D eigenvalue weighted by atomic mass is 79.9. The van der Waals surface area contributed by atoms with Crippen LogP contribution >= 0.6 is 15.9 Å². The minimum Gasteiger partial charge on any atom is -0.381 e. The molecule has 4 heteroatoms. The minimum absolute atomic E-state index is 0.259. The number of hydrogen-bond donors (Lipinski definition) is 1. The van der Waals surface area contributed by atoms with E-state index in [0.717, 1.165) is 27.6 Å². The zero-order chi connectivity index (χ0) is 14.8. The second-order valence-corrected chi connectivity index (χ2v) is 5.80. The van der Waals surface area contributed by atoms with Crippen LogP contribution < -0.4 is 5.32 Å². The average Bonchev–Trinajstić information content (AvgIpc) is 2.49. The molecule has 0 atom stereocenters. The maximum Gasteiger partial charge on any atom is 0.139 e. The number of hydrogen-bond acceptors (Lipinski definition) is 2. The molecule has 0 saturated carbocycles. The van der Waals surface area contributed by atoms with Crippen LogP contribution in [0.1, 0.15) is 11.1 Å². The molecule has 1 heterocycles. The van der Waals surface area contributed by atoms with Crippen molar-refractivity contribution in [3.05, 3.63) is 70.2 Å². The fraction of sp³-hybridized carbons (Fsp3) is 0.118. The predicted octanol–water partition coefficient (Wildman–Crippen LogP) is 5.06. The van der Waals surface area contributed by atoms with Crippen molar-refractivity contribution < 1.29 is 4.39 Å². The molecule has 0 amide bonds. The molecule has 3 aromatic rings. The Morgan fingerprint density at radius 2 is 2.10 bits per heavy atom. The van der Waals surface area contributed by atoms with Gasteiger partial charge in [0.2, 0.25) is 0 Å². The summed E-state index contributed by atoms with van der Waals surface area (Å²) in [7, 11) is 0. The highest BCUT2D eigenvalue weighted by Crippen LogP contribution is 2.25. The van der Waals surface area contributed by atoms with Crippen LogP contribution in [0.5, 0.6) is 0 Å². The van der Waals surface area contributed by atoms with Crippen molar-refractivity contribution in [3.63, 3.8) is 0 Å².